The number of hydrogen-bond donors (Lipinski definition) is 0. The van der Waals surface area contributed by atoms with Crippen LogP contribution in [-0.2, 0) is 9.47 Å². The second kappa shape index (κ2) is 23.4. The minimum absolute atomic E-state index is 0.113. The smallest absolute Gasteiger partial charge is 0.0657 e. The van der Waals surface area contributed by atoms with Crippen LogP contribution in [0, 0.1) is 0 Å². The first-order valence-electron chi connectivity index (χ1n) is 16.2. The molecule has 0 aliphatic rings. The first-order valence-corrected chi connectivity index (χ1v) is 16.2. The summed E-state index contributed by atoms with van der Waals surface area (Å²) in [4.78, 5) is 0. The predicted octanol–water partition coefficient (Wildman–Crippen LogP) is 12.6. The molecular formula is C42H64O2. The molecule has 0 aliphatic carbocycles. The number of allylic oxidation sites excluding steroid dienone is 20. The molecule has 0 rings (SSSR count). The summed E-state index contributed by atoms with van der Waals surface area (Å²) in [6.45, 7) is 21.4. The van der Waals surface area contributed by atoms with Crippen molar-refractivity contribution in [2.75, 3.05) is 14.2 Å². The Morgan fingerprint density at radius 2 is 0.841 bits per heavy atom. The van der Waals surface area contributed by atoms with Crippen LogP contribution < -0.4 is 0 Å². The third-order valence-electron chi connectivity index (χ3n) is 7.40. The molecular weight excluding hydrogens is 536 g/mol. The van der Waals surface area contributed by atoms with E-state index in [-0.39, 0.29) is 11.2 Å². The summed E-state index contributed by atoms with van der Waals surface area (Å²) in [6, 6.07) is 0. The fraction of sp³-hybridized carbons (Fsp3) is 0.476. The van der Waals surface area contributed by atoms with Crippen LogP contribution in [0.5, 0.6) is 0 Å². The molecule has 0 aromatic rings. The summed E-state index contributed by atoms with van der Waals surface area (Å²) in [5, 5.41) is 0. The van der Waals surface area contributed by atoms with Crippen molar-refractivity contribution in [3.05, 3.63) is 131 Å². The quantitative estimate of drug-likeness (QED) is 0.129. The first-order chi connectivity index (χ1) is 20.7. The van der Waals surface area contributed by atoms with E-state index in [4.69, 9.17) is 9.47 Å². The molecule has 2 heteroatoms. The molecule has 0 unspecified atom stereocenters. The van der Waals surface area contributed by atoms with E-state index in [1.54, 1.807) is 14.2 Å². The molecule has 0 saturated carbocycles. The van der Waals surface area contributed by atoms with Crippen LogP contribution in [0.3, 0.4) is 0 Å². The van der Waals surface area contributed by atoms with Gasteiger partial charge in [0.25, 0.3) is 0 Å². The van der Waals surface area contributed by atoms with Gasteiger partial charge < -0.3 is 9.47 Å². The fourth-order valence-corrected chi connectivity index (χ4v) is 3.84. The van der Waals surface area contributed by atoms with Gasteiger partial charge >= 0.3 is 0 Å². The Morgan fingerprint density at radius 1 is 0.477 bits per heavy atom. The van der Waals surface area contributed by atoms with Crippen LogP contribution in [-0.4, -0.2) is 25.4 Å². The van der Waals surface area contributed by atoms with Crippen LogP contribution in [0.25, 0.3) is 0 Å². The Balaban J connectivity index is 4.55. The molecule has 244 valence electrons. The highest BCUT2D eigenvalue weighted by Crippen LogP contribution is 2.15. The normalized spacial score (nSPS) is 15.9. The summed E-state index contributed by atoms with van der Waals surface area (Å²) in [6.07, 6.45) is 41.0. The van der Waals surface area contributed by atoms with Crippen LogP contribution in [0.1, 0.15) is 108 Å². The lowest BCUT2D eigenvalue weighted by molar-refractivity contribution is 0.0252. The van der Waals surface area contributed by atoms with Gasteiger partial charge in [-0.05, 0) is 108 Å². The summed E-state index contributed by atoms with van der Waals surface area (Å²) in [5.41, 5.74) is 7.62. The molecule has 0 amide bonds. The van der Waals surface area contributed by atoms with Gasteiger partial charge in [-0.2, -0.15) is 0 Å². The summed E-state index contributed by atoms with van der Waals surface area (Å²) >= 11 is 0. The maximum absolute atomic E-state index is 5.46. The molecule has 0 aromatic heterocycles. The van der Waals surface area contributed by atoms with Crippen molar-refractivity contribution >= 4 is 0 Å². The summed E-state index contributed by atoms with van der Waals surface area (Å²) in [7, 11) is 3.52. The van der Waals surface area contributed by atoms with E-state index in [0.29, 0.717) is 0 Å². The van der Waals surface area contributed by atoms with Crippen LogP contribution in [0.2, 0.25) is 0 Å². The van der Waals surface area contributed by atoms with Gasteiger partial charge in [0.2, 0.25) is 0 Å². The molecule has 0 fully saturated rings. The third-order valence-corrected chi connectivity index (χ3v) is 7.40. The van der Waals surface area contributed by atoms with Crippen molar-refractivity contribution in [3.63, 3.8) is 0 Å². The van der Waals surface area contributed by atoms with Crippen molar-refractivity contribution in [3.8, 4) is 0 Å². The molecule has 0 N–H and O–H groups in total. The van der Waals surface area contributed by atoms with Gasteiger partial charge in [-0.3, -0.25) is 0 Å². The Bertz CT molecular complexity index is 1070. The Labute approximate surface area is 272 Å². The fourth-order valence-electron chi connectivity index (χ4n) is 3.84. The second-order valence-electron chi connectivity index (χ2n) is 13.1. The summed E-state index contributed by atoms with van der Waals surface area (Å²) in [5.74, 6) is 0. The standard InChI is InChI=1S/C42H64O2/c1-35(23-15-25-37(3)27-17-29-39(5)31-19-33-41(7,8)43-11)21-13-14-22-36(2)24-16-26-38(4)28-18-30-40(6)32-20-34-42(9,10)44-12/h13-14,17-22,25-32H,15-16,23-24,33-34H2,1-12H3/b14-13+,27-17+,28-18+,31-19+,32-20+,35-21+,36-22+,37-25+,38-26+,39-29+,40-30+. The van der Waals surface area contributed by atoms with Crippen LogP contribution in [0.15, 0.2) is 131 Å². The van der Waals surface area contributed by atoms with Gasteiger partial charge in [-0.15, -0.1) is 0 Å². The molecule has 0 aromatic carbocycles. The topological polar surface area (TPSA) is 18.5 Å². The average Bonchev–Trinajstić information content (AvgIpc) is 2.95. The Morgan fingerprint density at radius 3 is 1.18 bits per heavy atom. The van der Waals surface area contributed by atoms with Crippen LogP contribution >= 0.6 is 0 Å². The van der Waals surface area contributed by atoms with E-state index >= 15 is 0 Å². The van der Waals surface area contributed by atoms with E-state index in [1.807, 2.05) is 0 Å². The highest BCUT2D eigenvalue weighted by atomic mass is 16.5. The number of rotatable bonds is 20. The van der Waals surface area contributed by atoms with Crippen molar-refractivity contribution in [1.29, 1.82) is 0 Å². The average molecular weight is 601 g/mol. The van der Waals surface area contributed by atoms with Crippen molar-refractivity contribution in [2.24, 2.45) is 0 Å². The zero-order valence-electron chi connectivity index (χ0n) is 30.3. The van der Waals surface area contributed by atoms with Crippen molar-refractivity contribution < 1.29 is 9.47 Å². The largest absolute Gasteiger partial charge is 0.378 e. The minimum Gasteiger partial charge on any atom is -0.378 e. The molecule has 0 heterocycles. The van der Waals surface area contributed by atoms with Crippen molar-refractivity contribution in [2.45, 2.75) is 119 Å². The molecule has 0 atom stereocenters. The first kappa shape index (κ1) is 41.1. The molecule has 0 spiro atoms. The monoisotopic (exact) mass is 600 g/mol. The van der Waals surface area contributed by atoms with E-state index in [9.17, 15) is 0 Å². The SMILES string of the molecule is COC(C)(C)C/C=C/C(C)=C/C=C/C(C)=C/CC/C(C)=C/C=C/C=C(\C)CC/C=C(C)/C=C/C=C(C)/C=C/CC(C)(C)OC. The number of ether oxygens (including phenoxy) is 2. The van der Waals surface area contributed by atoms with E-state index in [2.05, 4.69) is 166 Å². The van der Waals surface area contributed by atoms with Gasteiger partial charge in [-0.25, -0.2) is 0 Å². The lowest BCUT2D eigenvalue weighted by Gasteiger charge is -2.20. The highest BCUT2D eigenvalue weighted by Gasteiger charge is 2.13. The molecule has 0 radical (unpaired) electrons. The van der Waals surface area contributed by atoms with E-state index < -0.39 is 0 Å². The molecule has 0 bridgehead atoms. The Hall–Kier alpha value is -2.94. The van der Waals surface area contributed by atoms with E-state index in [1.165, 1.54) is 33.4 Å². The molecule has 44 heavy (non-hydrogen) atoms. The van der Waals surface area contributed by atoms with Gasteiger partial charge in [0.05, 0.1) is 11.2 Å². The van der Waals surface area contributed by atoms with Gasteiger partial charge in [0, 0.05) is 14.2 Å². The lowest BCUT2D eigenvalue weighted by atomic mass is 10.0. The van der Waals surface area contributed by atoms with Crippen molar-refractivity contribution in [1.82, 2.24) is 0 Å². The maximum Gasteiger partial charge on any atom is 0.0657 e. The number of hydrogen-bond acceptors (Lipinski definition) is 2. The van der Waals surface area contributed by atoms with E-state index in [0.717, 1.165) is 38.5 Å². The third kappa shape index (κ3) is 24.5. The van der Waals surface area contributed by atoms with Gasteiger partial charge in [-0.1, -0.05) is 131 Å². The van der Waals surface area contributed by atoms with Gasteiger partial charge in [0.15, 0.2) is 0 Å². The summed E-state index contributed by atoms with van der Waals surface area (Å²) < 4.78 is 10.9. The maximum atomic E-state index is 5.46. The minimum atomic E-state index is -0.113. The number of methoxy groups -OCH3 is 2. The zero-order chi connectivity index (χ0) is 33.4. The second-order valence-corrected chi connectivity index (χ2v) is 13.1. The predicted molar refractivity (Wildman–Crippen MR) is 198 cm³/mol. The van der Waals surface area contributed by atoms with Gasteiger partial charge in [0.1, 0.15) is 0 Å². The molecule has 2 nitrogen and oxygen atoms in total. The Kier molecular flexibility index (Phi) is 21.9. The van der Waals surface area contributed by atoms with Crippen LogP contribution in [0.4, 0.5) is 0 Å². The zero-order valence-corrected chi connectivity index (χ0v) is 30.3. The highest BCUT2D eigenvalue weighted by molar-refractivity contribution is 5.28. The molecule has 0 aliphatic heterocycles. The lowest BCUT2D eigenvalue weighted by Crippen LogP contribution is -2.20. The molecule has 0 saturated heterocycles.